The van der Waals surface area contributed by atoms with Crippen molar-refractivity contribution in [3.63, 3.8) is 0 Å². The van der Waals surface area contributed by atoms with Gasteiger partial charge in [0.05, 0.1) is 18.7 Å². The van der Waals surface area contributed by atoms with Crippen LogP contribution in [0.3, 0.4) is 0 Å². The molecule has 1 aromatic carbocycles. The smallest absolute Gasteiger partial charge is 0.260 e. The SMILES string of the molecule is CCCCCCn1c(O)c([C@H]2c3c(cc4c(c3OC)OCO4)CCN2C)c(=O)[nH]c1=S. The number of likely N-dealkylation sites (N-methyl/N-ethyl adjacent to an activating group) is 1. The van der Waals surface area contributed by atoms with Crippen LogP contribution in [0.5, 0.6) is 23.1 Å². The molecule has 0 saturated heterocycles. The number of nitrogens with one attached hydrogen (secondary N) is 1. The van der Waals surface area contributed by atoms with Crippen molar-refractivity contribution in [3.8, 4) is 23.1 Å². The Morgan fingerprint density at radius 3 is 2.84 bits per heavy atom. The lowest BCUT2D eigenvalue weighted by molar-refractivity contribution is 0.170. The number of hydrogen-bond acceptors (Lipinski definition) is 7. The van der Waals surface area contributed by atoms with Gasteiger partial charge >= 0.3 is 0 Å². The van der Waals surface area contributed by atoms with Crippen molar-refractivity contribution in [1.29, 1.82) is 0 Å². The highest BCUT2D eigenvalue weighted by Gasteiger charge is 2.38. The Hall–Kier alpha value is -2.52. The van der Waals surface area contributed by atoms with Gasteiger partial charge in [-0.15, -0.1) is 0 Å². The zero-order valence-corrected chi connectivity index (χ0v) is 19.0. The van der Waals surface area contributed by atoms with Crippen LogP contribution in [-0.4, -0.2) is 47.1 Å². The van der Waals surface area contributed by atoms with Gasteiger partial charge in [0, 0.05) is 18.7 Å². The fourth-order valence-electron chi connectivity index (χ4n) is 4.52. The second-order valence-electron chi connectivity index (χ2n) is 8.06. The summed E-state index contributed by atoms with van der Waals surface area (Å²) in [5.41, 5.74) is 1.71. The molecule has 2 N–H and O–H groups in total. The van der Waals surface area contributed by atoms with Gasteiger partial charge in [-0.1, -0.05) is 26.2 Å². The molecular weight excluding hydrogens is 418 g/mol. The second kappa shape index (κ2) is 8.92. The van der Waals surface area contributed by atoms with Crippen LogP contribution in [-0.2, 0) is 13.0 Å². The molecule has 2 aliphatic heterocycles. The summed E-state index contributed by atoms with van der Waals surface area (Å²) in [6.45, 7) is 3.54. The van der Waals surface area contributed by atoms with Crippen molar-refractivity contribution in [1.82, 2.24) is 14.5 Å². The highest BCUT2D eigenvalue weighted by molar-refractivity contribution is 7.71. The number of nitrogens with zero attached hydrogens (tertiary/aromatic N) is 2. The minimum absolute atomic E-state index is 0.0883. The number of methoxy groups -OCH3 is 1. The van der Waals surface area contributed by atoms with Gasteiger partial charge in [0.2, 0.25) is 18.4 Å². The molecule has 8 nitrogen and oxygen atoms in total. The van der Waals surface area contributed by atoms with Gasteiger partial charge in [0.25, 0.3) is 5.56 Å². The molecule has 0 fully saturated rings. The fraction of sp³-hybridized carbons (Fsp3) is 0.545. The summed E-state index contributed by atoms with van der Waals surface area (Å²) in [5, 5.41) is 11.2. The Labute approximate surface area is 186 Å². The highest BCUT2D eigenvalue weighted by atomic mass is 32.1. The maximum Gasteiger partial charge on any atom is 0.260 e. The summed E-state index contributed by atoms with van der Waals surface area (Å²) in [4.78, 5) is 17.9. The first kappa shape index (κ1) is 21.7. The van der Waals surface area contributed by atoms with Gasteiger partial charge in [-0.05, 0) is 43.7 Å². The van der Waals surface area contributed by atoms with Crippen LogP contribution in [0.1, 0.15) is 55.3 Å². The topological polar surface area (TPSA) is 89.0 Å². The van der Waals surface area contributed by atoms with Gasteiger partial charge in [-0.25, -0.2) is 0 Å². The van der Waals surface area contributed by atoms with Crippen LogP contribution in [0.4, 0.5) is 0 Å². The molecular formula is C22H29N3O5S. The van der Waals surface area contributed by atoms with Crippen LogP contribution in [0.15, 0.2) is 10.9 Å². The van der Waals surface area contributed by atoms with Gasteiger partial charge in [-0.2, -0.15) is 0 Å². The first-order valence-corrected chi connectivity index (χ1v) is 11.1. The predicted octanol–water partition coefficient (Wildman–Crippen LogP) is 3.51. The molecule has 3 heterocycles. The van der Waals surface area contributed by atoms with E-state index in [2.05, 4.69) is 11.9 Å². The number of unbranched alkanes of at least 4 members (excludes halogenated alkanes) is 3. The molecule has 31 heavy (non-hydrogen) atoms. The molecule has 0 unspecified atom stereocenters. The third-order valence-corrected chi connectivity index (χ3v) is 6.43. The molecule has 168 valence electrons. The fourth-order valence-corrected chi connectivity index (χ4v) is 4.79. The van der Waals surface area contributed by atoms with Crippen molar-refractivity contribution >= 4 is 12.2 Å². The number of aromatic amines is 1. The number of fused-ring (bicyclic) bond motifs is 2. The van der Waals surface area contributed by atoms with E-state index in [9.17, 15) is 9.90 Å². The molecule has 4 rings (SSSR count). The van der Waals surface area contributed by atoms with E-state index in [0.29, 0.717) is 30.3 Å². The molecule has 0 bridgehead atoms. The van der Waals surface area contributed by atoms with Crippen LogP contribution < -0.4 is 19.8 Å². The Morgan fingerprint density at radius 2 is 2.10 bits per heavy atom. The Morgan fingerprint density at radius 1 is 1.29 bits per heavy atom. The van der Waals surface area contributed by atoms with Crippen molar-refractivity contribution < 1.29 is 19.3 Å². The van der Waals surface area contributed by atoms with Crippen molar-refractivity contribution in [2.24, 2.45) is 0 Å². The zero-order valence-electron chi connectivity index (χ0n) is 18.2. The number of hydrogen-bond donors (Lipinski definition) is 2. The molecule has 9 heteroatoms. The van der Waals surface area contributed by atoms with Crippen molar-refractivity contribution in [2.75, 3.05) is 27.5 Å². The van der Waals surface area contributed by atoms with Gasteiger partial charge in [-0.3, -0.25) is 19.2 Å². The van der Waals surface area contributed by atoms with Crippen molar-refractivity contribution in [2.45, 2.75) is 51.6 Å². The average molecular weight is 448 g/mol. The Balaban J connectivity index is 1.86. The number of aromatic hydroxyl groups is 1. The van der Waals surface area contributed by atoms with E-state index >= 15 is 0 Å². The second-order valence-corrected chi connectivity index (χ2v) is 8.45. The molecule has 0 spiro atoms. The molecule has 1 atom stereocenters. The molecule has 0 saturated carbocycles. The lowest BCUT2D eigenvalue weighted by Gasteiger charge is -2.36. The van der Waals surface area contributed by atoms with Crippen LogP contribution >= 0.6 is 12.2 Å². The summed E-state index contributed by atoms with van der Waals surface area (Å²) in [7, 11) is 3.51. The third-order valence-electron chi connectivity index (χ3n) is 6.11. The quantitative estimate of drug-likeness (QED) is 0.496. The summed E-state index contributed by atoms with van der Waals surface area (Å²) < 4.78 is 18.8. The normalized spacial score (nSPS) is 17.6. The van der Waals surface area contributed by atoms with Crippen LogP contribution in [0.25, 0.3) is 0 Å². The van der Waals surface area contributed by atoms with E-state index in [1.807, 2.05) is 18.0 Å². The minimum Gasteiger partial charge on any atom is -0.494 e. The largest absolute Gasteiger partial charge is 0.494 e. The first-order chi connectivity index (χ1) is 15.0. The Kier molecular flexibility index (Phi) is 6.24. The van der Waals surface area contributed by atoms with E-state index in [1.54, 1.807) is 11.7 Å². The van der Waals surface area contributed by atoms with E-state index in [0.717, 1.165) is 43.2 Å². The van der Waals surface area contributed by atoms with Crippen LogP contribution in [0, 0.1) is 4.77 Å². The molecule has 0 amide bonds. The van der Waals surface area contributed by atoms with E-state index in [4.69, 9.17) is 26.4 Å². The number of ether oxygens (including phenoxy) is 3. The van der Waals surface area contributed by atoms with Gasteiger partial charge in [0.1, 0.15) is 0 Å². The molecule has 1 aromatic heterocycles. The molecule has 2 aliphatic rings. The number of aromatic nitrogens is 2. The standard InChI is InChI=1S/C22H29N3O5S/c1-4-5-6-7-9-25-21(27)16(20(26)23-22(25)31)17-15-13(8-10-24(17)2)11-14-18(19(15)28-3)30-12-29-14/h11,17,27H,4-10,12H2,1-3H3,(H,23,26,31)/t17-/m1/s1. The van der Waals surface area contributed by atoms with E-state index < -0.39 is 11.6 Å². The highest BCUT2D eigenvalue weighted by Crippen LogP contribution is 2.51. The van der Waals surface area contributed by atoms with E-state index in [1.165, 1.54) is 0 Å². The molecule has 0 aliphatic carbocycles. The first-order valence-electron chi connectivity index (χ1n) is 10.7. The summed E-state index contributed by atoms with van der Waals surface area (Å²) in [6, 6.07) is 1.44. The van der Waals surface area contributed by atoms with Gasteiger partial charge < -0.3 is 19.3 Å². The summed E-state index contributed by atoms with van der Waals surface area (Å²) in [6.07, 6.45) is 4.92. The monoisotopic (exact) mass is 447 g/mol. The van der Waals surface area contributed by atoms with Crippen LogP contribution in [0.2, 0.25) is 0 Å². The number of rotatable bonds is 7. The molecule has 0 radical (unpaired) electrons. The molecule has 2 aromatic rings. The van der Waals surface area contributed by atoms with Crippen molar-refractivity contribution in [3.05, 3.63) is 37.9 Å². The Bertz CT molecular complexity index is 1090. The number of benzene rings is 1. The average Bonchev–Trinajstić information content (AvgIpc) is 3.21. The zero-order chi connectivity index (χ0) is 22.1. The van der Waals surface area contributed by atoms with E-state index in [-0.39, 0.29) is 23.0 Å². The lowest BCUT2D eigenvalue weighted by atomic mass is 9.87. The third kappa shape index (κ3) is 3.80. The predicted molar refractivity (Wildman–Crippen MR) is 119 cm³/mol. The number of H-pyrrole nitrogens is 1. The summed E-state index contributed by atoms with van der Waals surface area (Å²) >= 11 is 5.36. The summed E-state index contributed by atoms with van der Waals surface area (Å²) in [5.74, 6) is 1.63. The maximum absolute atomic E-state index is 13.1. The van der Waals surface area contributed by atoms with Gasteiger partial charge in [0.15, 0.2) is 16.3 Å². The minimum atomic E-state index is -0.505. The maximum atomic E-state index is 13.1. The lowest BCUT2D eigenvalue weighted by Crippen LogP contribution is -2.37.